The molecular formula is C11H12Cl2S. The SMILES string of the molecule is Clc1cccc(SC2CCCC2)c1Cl. The standard InChI is InChI=1S/C11H12Cl2S/c12-9-6-3-7-10(11(9)13)14-8-4-1-2-5-8/h3,6-8H,1-2,4-5H2. The lowest BCUT2D eigenvalue weighted by Gasteiger charge is -2.10. The molecular weight excluding hydrogens is 235 g/mol. The fourth-order valence-electron chi connectivity index (χ4n) is 1.76. The first-order valence-electron chi connectivity index (χ1n) is 4.88. The molecule has 3 heteroatoms. The Labute approximate surface area is 99.0 Å². The van der Waals surface area contributed by atoms with E-state index in [0.717, 1.165) is 10.1 Å². The van der Waals surface area contributed by atoms with Crippen LogP contribution in [0.2, 0.25) is 10.0 Å². The third-order valence-corrected chi connectivity index (χ3v) is 4.84. The highest BCUT2D eigenvalue weighted by Gasteiger charge is 2.17. The van der Waals surface area contributed by atoms with Crippen LogP contribution in [0.15, 0.2) is 23.1 Å². The van der Waals surface area contributed by atoms with E-state index in [9.17, 15) is 0 Å². The van der Waals surface area contributed by atoms with Crippen LogP contribution in [0.1, 0.15) is 25.7 Å². The van der Waals surface area contributed by atoms with Crippen molar-refractivity contribution in [3.8, 4) is 0 Å². The van der Waals surface area contributed by atoms with Crippen molar-refractivity contribution >= 4 is 35.0 Å². The van der Waals surface area contributed by atoms with Crippen LogP contribution >= 0.6 is 35.0 Å². The van der Waals surface area contributed by atoms with Crippen LogP contribution in [0, 0.1) is 0 Å². The highest BCUT2D eigenvalue weighted by atomic mass is 35.5. The molecule has 0 aromatic heterocycles. The van der Waals surface area contributed by atoms with Crippen LogP contribution in [0.4, 0.5) is 0 Å². The topological polar surface area (TPSA) is 0 Å². The van der Waals surface area contributed by atoms with Gasteiger partial charge in [0.1, 0.15) is 0 Å². The second-order valence-corrected chi connectivity index (χ2v) is 5.70. The van der Waals surface area contributed by atoms with Gasteiger partial charge < -0.3 is 0 Å². The molecule has 0 amide bonds. The van der Waals surface area contributed by atoms with E-state index in [4.69, 9.17) is 23.2 Å². The summed E-state index contributed by atoms with van der Waals surface area (Å²) in [5.41, 5.74) is 0. The maximum absolute atomic E-state index is 6.12. The minimum absolute atomic E-state index is 0.662. The zero-order chi connectivity index (χ0) is 9.97. The Morgan fingerprint density at radius 2 is 1.86 bits per heavy atom. The van der Waals surface area contributed by atoms with Gasteiger partial charge in [-0.3, -0.25) is 0 Å². The van der Waals surface area contributed by atoms with Crippen LogP contribution in [-0.4, -0.2) is 5.25 Å². The predicted molar refractivity (Wildman–Crippen MR) is 64.6 cm³/mol. The van der Waals surface area contributed by atoms with Gasteiger partial charge in [-0.2, -0.15) is 0 Å². The fourth-order valence-corrected chi connectivity index (χ4v) is 3.55. The number of thioether (sulfide) groups is 1. The van der Waals surface area contributed by atoms with E-state index in [1.807, 2.05) is 23.9 Å². The summed E-state index contributed by atoms with van der Waals surface area (Å²) in [7, 11) is 0. The molecule has 0 bridgehead atoms. The molecule has 0 heterocycles. The highest BCUT2D eigenvalue weighted by molar-refractivity contribution is 8.00. The molecule has 0 atom stereocenters. The lowest BCUT2D eigenvalue weighted by molar-refractivity contribution is 0.886. The molecule has 0 nitrogen and oxygen atoms in total. The van der Waals surface area contributed by atoms with Crippen molar-refractivity contribution in [3.63, 3.8) is 0 Å². The van der Waals surface area contributed by atoms with Crippen molar-refractivity contribution in [1.82, 2.24) is 0 Å². The van der Waals surface area contributed by atoms with E-state index in [1.165, 1.54) is 25.7 Å². The molecule has 0 N–H and O–H groups in total. The third kappa shape index (κ3) is 2.39. The molecule has 76 valence electrons. The van der Waals surface area contributed by atoms with Gasteiger partial charge in [-0.25, -0.2) is 0 Å². The average Bonchev–Trinajstić information content (AvgIpc) is 2.66. The van der Waals surface area contributed by atoms with Crippen LogP contribution in [0.3, 0.4) is 0 Å². The molecule has 0 unspecified atom stereocenters. The molecule has 1 saturated carbocycles. The van der Waals surface area contributed by atoms with Gasteiger partial charge >= 0.3 is 0 Å². The Kier molecular flexibility index (Phi) is 3.64. The van der Waals surface area contributed by atoms with Crippen molar-refractivity contribution in [2.45, 2.75) is 35.8 Å². The molecule has 0 saturated heterocycles. The third-order valence-electron chi connectivity index (χ3n) is 2.51. The summed E-state index contributed by atoms with van der Waals surface area (Å²) in [4.78, 5) is 1.13. The largest absolute Gasteiger partial charge is 0.121 e. The fraction of sp³-hybridized carbons (Fsp3) is 0.455. The van der Waals surface area contributed by atoms with Crippen molar-refractivity contribution in [2.75, 3.05) is 0 Å². The quantitative estimate of drug-likeness (QED) is 0.706. The van der Waals surface area contributed by atoms with E-state index in [1.54, 1.807) is 0 Å². The van der Waals surface area contributed by atoms with Gasteiger partial charge in [-0.15, -0.1) is 11.8 Å². The molecule has 1 aliphatic rings. The zero-order valence-corrected chi connectivity index (χ0v) is 10.1. The molecule has 1 fully saturated rings. The molecule has 0 radical (unpaired) electrons. The van der Waals surface area contributed by atoms with Crippen molar-refractivity contribution in [2.24, 2.45) is 0 Å². The summed E-state index contributed by atoms with van der Waals surface area (Å²) in [6, 6.07) is 5.85. The second kappa shape index (κ2) is 4.78. The lowest BCUT2D eigenvalue weighted by Crippen LogP contribution is -1.93. The van der Waals surface area contributed by atoms with Crippen LogP contribution < -0.4 is 0 Å². The monoisotopic (exact) mass is 246 g/mol. The van der Waals surface area contributed by atoms with Gasteiger partial charge in [0.15, 0.2) is 0 Å². The predicted octanol–water partition coefficient (Wildman–Crippen LogP) is 5.03. The second-order valence-electron chi connectivity index (χ2n) is 3.58. The van der Waals surface area contributed by atoms with E-state index in [2.05, 4.69) is 6.07 Å². The van der Waals surface area contributed by atoms with Gasteiger partial charge in [0.25, 0.3) is 0 Å². The molecule has 1 aromatic rings. The summed E-state index contributed by atoms with van der Waals surface area (Å²) in [6.07, 6.45) is 5.34. The van der Waals surface area contributed by atoms with Crippen molar-refractivity contribution in [3.05, 3.63) is 28.2 Å². The normalized spacial score (nSPS) is 17.6. The minimum Gasteiger partial charge on any atom is -0.121 e. The lowest BCUT2D eigenvalue weighted by atomic mass is 10.4. The van der Waals surface area contributed by atoms with Crippen LogP contribution in [-0.2, 0) is 0 Å². The Morgan fingerprint density at radius 3 is 2.57 bits per heavy atom. The highest BCUT2D eigenvalue weighted by Crippen LogP contribution is 2.39. The smallest absolute Gasteiger partial charge is 0.0728 e. The molecule has 0 aliphatic heterocycles. The first-order valence-corrected chi connectivity index (χ1v) is 6.51. The Hall–Kier alpha value is 0.150. The molecule has 14 heavy (non-hydrogen) atoms. The van der Waals surface area contributed by atoms with E-state index >= 15 is 0 Å². The number of rotatable bonds is 2. The zero-order valence-electron chi connectivity index (χ0n) is 7.80. The molecule has 1 aliphatic carbocycles. The van der Waals surface area contributed by atoms with E-state index in [-0.39, 0.29) is 0 Å². The summed E-state index contributed by atoms with van der Waals surface area (Å²) in [5.74, 6) is 0. The Balaban J connectivity index is 2.11. The van der Waals surface area contributed by atoms with Gasteiger partial charge in [0.2, 0.25) is 0 Å². The maximum Gasteiger partial charge on any atom is 0.0728 e. The van der Waals surface area contributed by atoms with E-state index in [0.29, 0.717) is 10.0 Å². The summed E-state index contributed by atoms with van der Waals surface area (Å²) < 4.78 is 0. The van der Waals surface area contributed by atoms with Gasteiger partial charge in [-0.05, 0) is 25.0 Å². The molecule has 1 aromatic carbocycles. The first-order chi connectivity index (χ1) is 6.77. The van der Waals surface area contributed by atoms with Crippen molar-refractivity contribution < 1.29 is 0 Å². The molecule has 2 rings (SSSR count). The van der Waals surface area contributed by atoms with Gasteiger partial charge in [0, 0.05) is 10.1 Å². The molecule has 0 spiro atoms. The van der Waals surface area contributed by atoms with Gasteiger partial charge in [0.05, 0.1) is 10.0 Å². The van der Waals surface area contributed by atoms with E-state index < -0.39 is 0 Å². The maximum atomic E-state index is 6.12. The number of halogens is 2. The number of benzene rings is 1. The number of hydrogen-bond acceptors (Lipinski definition) is 1. The summed E-state index contributed by atoms with van der Waals surface area (Å²) >= 11 is 13.9. The summed E-state index contributed by atoms with van der Waals surface area (Å²) in [5, 5.41) is 2.12. The minimum atomic E-state index is 0.662. The first kappa shape index (κ1) is 10.7. The average molecular weight is 247 g/mol. The Morgan fingerprint density at radius 1 is 1.14 bits per heavy atom. The number of hydrogen-bond donors (Lipinski definition) is 0. The van der Waals surface area contributed by atoms with Crippen LogP contribution in [0.5, 0.6) is 0 Å². The van der Waals surface area contributed by atoms with Gasteiger partial charge in [-0.1, -0.05) is 42.1 Å². The summed E-state index contributed by atoms with van der Waals surface area (Å²) in [6.45, 7) is 0. The Bertz CT molecular complexity index is 319. The van der Waals surface area contributed by atoms with Crippen LogP contribution in [0.25, 0.3) is 0 Å². The van der Waals surface area contributed by atoms with Crippen molar-refractivity contribution in [1.29, 1.82) is 0 Å².